The standard InChI is InChI=1S/2C14H17N2O.C4H6O4/c2*1-11-4-6-13(7-5-11)14(17)12(2)16-9-8-15(3)10-16;5-3(6)1-2-4(7)8/h2*4-10,12H,1-3H3;1-2H2,(H,5,6)(H,7,8)/q2*+1;/p-2. The number of carbonyl (C=O) groups is 4. The molecule has 0 bridgehead atoms. The summed E-state index contributed by atoms with van der Waals surface area (Å²) in [4.78, 5) is 43.5. The molecular weight excluding hydrogens is 536 g/mol. The van der Waals surface area contributed by atoms with E-state index in [-0.39, 0.29) is 23.7 Å². The van der Waals surface area contributed by atoms with Crippen molar-refractivity contribution >= 4 is 23.5 Å². The summed E-state index contributed by atoms with van der Waals surface area (Å²) in [5, 5.41) is 19.0. The molecule has 0 spiro atoms. The van der Waals surface area contributed by atoms with Gasteiger partial charge in [0, 0.05) is 23.1 Å². The van der Waals surface area contributed by atoms with Crippen molar-refractivity contribution < 1.29 is 38.5 Å². The zero-order chi connectivity index (χ0) is 31.4. The summed E-state index contributed by atoms with van der Waals surface area (Å²) in [6, 6.07) is 15.1. The van der Waals surface area contributed by atoms with Crippen molar-refractivity contribution in [2.24, 2.45) is 14.1 Å². The minimum atomic E-state index is -1.37. The molecule has 0 amide bonds. The van der Waals surface area contributed by atoms with Gasteiger partial charge in [-0.3, -0.25) is 9.59 Å². The summed E-state index contributed by atoms with van der Waals surface area (Å²) in [6.07, 6.45) is 10.6. The van der Waals surface area contributed by atoms with Crippen molar-refractivity contribution in [2.45, 2.75) is 52.6 Å². The number of aromatic nitrogens is 4. The highest BCUT2D eigenvalue weighted by atomic mass is 16.4. The molecule has 222 valence electrons. The van der Waals surface area contributed by atoms with E-state index in [1.54, 1.807) is 0 Å². The molecule has 10 heteroatoms. The highest BCUT2D eigenvalue weighted by Crippen LogP contribution is 2.15. The summed E-state index contributed by atoms with van der Waals surface area (Å²) in [5.41, 5.74) is 3.86. The van der Waals surface area contributed by atoms with Gasteiger partial charge in [-0.2, -0.15) is 0 Å². The lowest BCUT2D eigenvalue weighted by Crippen LogP contribution is -2.27. The van der Waals surface area contributed by atoms with Crippen molar-refractivity contribution in [2.75, 3.05) is 0 Å². The Morgan fingerprint density at radius 2 is 0.952 bits per heavy atom. The summed E-state index contributed by atoms with van der Waals surface area (Å²) in [6.45, 7) is 7.87. The first-order valence-corrected chi connectivity index (χ1v) is 13.4. The van der Waals surface area contributed by atoms with E-state index in [0.717, 1.165) is 11.1 Å². The number of carboxylic acid groups (broad SMARTS) is 2. The van der Waals surface area contributed by atoms with Gasteiger partial charge in [-0.15, -0.1) is 0 Å². The zero-order valence-corrected chi connectivity index (χ0v) is 24.9. The summed E-state index contributed by atoms with van der Waals surface area (Å²) >= 11 is 0. The first kappa shape index (κ1) is 33.3. The van der Waals surface area contributed by atoms with Crippen LogP contribution in [0.3, 0.4) is 0 Å². The molecule has 2 unspecified atom stereocenters. The second kappa shape index (κ2) is 15.8. The second-order valence-corrected chi connectivity index (χ2v) is 10.1. The largest absolute Gasteiger partial charge is 0.550 e. The molecule has 0 saturated carbocycles. The van der Waals surface area contributed by atoms with Gasteiger partial charge in [-0.1, -0.05) is 59.7 Å². The van der Waals surface area contributed by atoms with Crippen LogP contribution in [0.5, 0.6) is 0 Å². The maximum atomic E-state index is 12.2. The van der Waals surface area contributed by atoms with Crippen molar-refractivity contribution in [1.82, 2.24) is 9.13 Å². The van der Waals surface area contributed by atoms with Gasteiger partial charge < -0.3 is 19.8 Å². The summed E-state index contributed by atoms with van der Waals surface area (Å²) in [7, 11) is 3.89. The van der Waals surface area contributed by atoms with Crippen LogP contribution in [0.4, 0.5) is 0 Å². The SMILES string of the molecule is Cc1ccc(C(=O)C(C)n2cc[n+](C)c2)cc1.Cc1ccc(C(=O)C(C)n2cc[n+](C)c2)cc1.O=C([O-])CCC(=O)[O-]. The Balaban J connectivity index is 0.000000236. The van der Waals surface area contributed by atoms with Crippen LogP contribution in [0.2, 0.25) is 0 Å². The molecule has 10 nitrogen and oxygen atoms in total. The predicted molar refractivity (Wildman–Crippen MR) is 151 cm³/mol. The fourth-order valence-electron chi connectivity index (χ4n) is 3.79. The molecule has 0 radical (unpaired) electrons. The smallest absolute Gasteiger partial charge is 0.244 e. The minimum absolute atomic E-state index is 0.140. The number of ketones is 2. The predicted octanol–water partition coefficient (Wildman–Crippen LogP) is 1.40. The zero-order valence-electron chi connectivity index (χ0n) is 24.9. The van der Waals surface area contributed by atoms with Crippen LogP contribution in [0.15, 0.2) is 86.0 Å². The number of Topliss-reactive ketones (excluding diaryl/α,β-unsaturated/α-hetero) is 2. The van der Waals surface area contributed by atoms with E-state index in [0.29, 0.717) is 0 Å². The minimum Gasteiger partial charge on any atom is -0.550 e. The number of benzene rings is 2. The van der Waals surface area contributed by atoms with Crippen LogP contribution in [-0.2, 0) is 23.7 Å². The quantitative estimate of drug-likeness (QED) is 0.219. The van der Waals surface area contributed by atoms with E-state index in [2.05, 4.69) is 0 Å². The van der Waals surface area contributed by atoms with Crippen molar-refractivity contribution in [3.63, 3.8) is 0 Å². The van der Waals surface area contributed by atoms with Crippen molar-refractivity contribution in [3.05, 3.63) is 108 Å². The Bertz CT molecular complexity index is 1370. The van der Waals surface area contributed by atoms with Gasteiger partial charge in [-0.25, -0.2) is 18.3 Å². The first-order chi connectivity index (χ1) is 19.8. The number of nitrogens with zero attached hydrogens (tertiary/aromatic N) is 4. The molecule has 4 rings (SSSR count). The molecule has 0 fully saturated rings. The monoisotopic (exact) mass is 574 g/mol. The van der Waals surface area contributed by atoms with Crippen molar-refractivity contribution in [1.29, 1.82) is 0 Å². The van der Waals surface area contributed by atoms with Crippen LogP contribution < -0.4 is 19.3 Å². The van der Waals surface area contributed by atoms with Crippen LogP contribution in [0.1, 0.15) is 70.6 Å². The Morgan fingerprint density at radius 3 is 1.19 bits per heavy atom. The fraction of sp³-hybridized carbons (Fsp3) is 0.312. The number of imidazole rings is 2. The molecule has 2 heterocycles. The number of carboxylic acids is 2. The fourth-order valence-corrected chi connectivity index (χ4v) is 3.79. The van der Waals surface area contributed by atoms with Gasteiger partial charge >= 0.3 is 0 Å². The third kappa shape index (κ3) is 10.6. The second-order valence-electron chi connectivity index (χ2n) is 10.1. The molecule has 0 saturated heterocycles. The molecule has 0 aliphatic heterocycles. The number of carbonyl (C=O) groups excluding carboxylic acids is 4. The topological polar surface area (TPSA) is 132 Å². The maximum absolute atomic E-state index is 12.2. The Kier molecular flexibility index (Phi) is 12.5. The van der Waals surface area contributed by atoms with Crippen LogP contribution in [0, 0.1) is 13.8 Å². The highest BCUT2D eigenvalue weighted by molar-refractivity contribution is 5.99. The average Bonchev–Trinajstić information content (AvgIpc) is 3.60. The molecule has 4 aromatic rings. The number of hydrogen-bond acceptors (Lipinski definition) is 6. The van der Waals surface area contributed by atoms with E-state index in [1.807, 2.05) is 146 Å². The number of rotatable bonds is 9. The van der Waals surface area contributed by atoms with Crippen molar-refractivity contribution in [3.8, 4) is 0 Å². The van der Waals surface area contributed by atoms with Crippen LogP contribution in [0.25, 0.3) is 0 Å². The highest BCUT2D eigenvalue weighted by Gasteiger charge is 2.22. The molecule has 0 aliphatic carbocycles. The molecule has 2 aromatic heterocycles. The number of aliphatic carboxylic acids is 2. The molecule has 0 N–H and O–H groups in total. The Labute approximate surface area is 246 Å². The number of aryl methyl sites for hydroxylation is 4. The lowest BCUT2D eigenvalue weighted by molar-refractivity contribution is -0.671. The lowest BCUT2D eigenvalue weighted by Gasteiger charge is -2.07. The van der Waals surface area contributed by atoms with Gasteiger partial charge in [-0.05, 0) is 40.5 Å². The molecule has 2 atom stereocenters. The van der Waals surface area contributed by atoms with E-state index in [9.17, 15) is 29.4 Å². The summed E-state index contributed by atoms with van der Waals surface area (Å²) < 4.78 is 7.70. The van der Waals surface area contributed by atoms with E-state index < -0.39 is 24.8 Å². The normalized spacial score (nSPS) is 11.7. The molecular formula is C32H38N4O6. The van der Waals surface area contributed by atoms with Gasteiger partial charge in [0.25, 0.3) is 0 Å². The average molecular weight is 575 g/mol. The maximum Gasteiger partial charge on any atom is 0.244 e. The van der Waals surface area contributed by atoms with Gasteiger partial charge in [0.05, 0.1) is 14.1 Å². The first-order valence-electron chi connectivity index (χ1n) is 13.4. The van der Waals surface area contributed by atoms with Crippen LogP contribution in [-0.4, -0.2) is 32.6 Å². The molecule has 0 aliphatic rings. The molecule has 2 aromatic carbocycles. The van der Waals surface area contributed by atoms with Gasteiger partial charge in [0.15, 0.2) is 12.1 Å². The molecule has 42 heavy (non-hydrogen) atoms. The summed E-state index contributed by atoms with van der Waals surface area (Å²) in [5.74, 6) is -2.45. The van der Waals surface area contributed by atoms with Gasteiger partial charge in [0.1, 0.15) is 24.8 Å². The third-order valence-corrected chi connectivity index (χ3v) is 6.44. The van der Waals surface area contributed by atoms with E-state index >= 15 is 0 Å². The lowest BCUT2D eigenvalue weighted by atomic mass is 10.0. The Hall–Kier alpha value is -4.86. The van der Waals surface area contributed by atoms with E-state index in [1.165, 1.54) is 11.1 Å². The third-order valence-electron chi connectivity index (χ3n) is 6.44. The van der Waals surface area contributed by atoms with E-state index in [4.69, 9.17) is 0 Å². The number of hydrogen-bond donors (Lipinski definition) is 0. The van der Waals surface area contributed by atoms with Gasteiger partial charge in [0.2, 0.25) is 24.2 Å². The van der Waals surface area contributed by atoms with Crippen LogP contribution >= 0.6 is 0 Å². The Morgan fingerprint density at radius 1 is 0.643 bits per heavy atom.